The van der Waals surface area contributed by atoms with Crippen molar-refractivity contribution in [3.05, 3.63) is 95.1 Å². The number of carbonyl (C=O) groups is 2. The van der Waals surface area contributed by atoms with Crippen molar-refractivity contribution in [2.75, 3.05) is 18.5 Å². The first-order valence-electron chi connectivity index (χ1n) is 12.5. The number of fused-ring (bicyclic) bond motifs is 1. The summed E-state index contributed by atoms with van der Waals surface area (Å²) < 4.78 is 93.9. The Kier molecular flexibility index (Phi) is 7.43. The van der Waals surface area contributed by atoms with E-state index in [0.717, 1.165) is 18.2 Å². The minimum Gasteiger partial charge on any atom is -0.464 e. The zero-order valence-corrected chi connectivity index (χ0v) is 21.7. The topological polar surface area (TPSA) is 102 Å². The van der Waals surface area contributed by atoms with Crippen LogP contribution in [0, 0.1) is 11.7 Å². The summed E-state index contributed by atoms with van der Waals surface area (Å²) >= 11 is 0. The number of amides is 2. The average molecular weight is 592 g/mol. The molecule has 2 aliphatic rings. The number of nitrogens with one attached hydrogen (secondary N) is 2. The van der Waals surface area contributed by atoms with E-state index in [2.05, 4.69) is 20.6 Å². The molecule has 1 fully saturated rings. The fourth-order valence-corrected chi connectivity index (χ4v) is 4.90. The lowest BCUT2D eigenvalue weighted by Gasteiger charge is -2.37. The van der Waals surface area contributed by atoms with Gasteiger partial charge in [-0.3, -0.25) is 19.9 Å². The number of benzene rings is 2. The molecule has 1 aromatic heterocycles. The molecule has 0 bridgehead atoms. The van der Waals surface area contributed by atoms with E-state index in [9.17, 15) is 31.5 Å². The third kappa shape index (κ3) is 5.66. The van der Waals surface area contributed by atoms with E-state index in [1.807, 2.05) is 0 Å². The van der Waals surface area contributed by atoms with Crippen LogP contribution >= 0.6 is 0 Å². The van der Waals surface area contributed by atoms with Crippen molar-refractivity contribution < 1.29 is 45.4 Å². The Bertz CT molecular complexity index is 1530. The second-order valence-electron chi connectivity index (χ2n) is 9.85. The highest BCUT2D eigenvalue weighted by atomic mass is 19.4. The molecule has 1 saturated heterocycles. The summed E-state index contributed by atoms with van der Waals surface area (Å²) in [5, 5.41) is 4.88. The molecule has 1 unspecified atom stereocenters. The molecule has 2 amide bonds. The van der Waals surface area contributed by atoms with Gasteiger partial charge in [0.05, 0.1) is 24.7 Å². The summed E-state index contributed by atoms with van der Waals surface area (Å²) in [5.41, 5.74) is -3.19. The van der Waals surface area contributed by atoms with Gasteiger partial charge in [0, 0.05) is 29.9 Å². The largest absolute Gasteiger partial charge is 0.464 e. The van der Waals surface area contributed by atoms with Crippen molar-refractivity contribution >= 4 is 23.5 Å². The first-order valence-corrected chi connectivity index (χ1v) is 12.5. The van der Waals surface area contributed by atoms with Gasteiger partial charge in [0.2, 0.25) is 0 Å². The van der Waals surface area contributed by atoms with Gasteiger partial charge >= 0.3 is 6.18 Å². The molecule has 0 aliphatic carbocycles. The number of aliphatic imine (C=N–C) groups is 1. The Hall–Kier alpha value is -4.46. The van der Waals surface area contributed by atoms with Crippen LogP contribution in [0.2, 0.25) is 0 Å². The predicted molar refractivity (Wildman–Crippen MR) is 136 cm³/mol. The Morgan fingerprint density at radius 2 is 1.71 bits per heavy atom. The van der Waals surface area contributed by atoms with E-state index in [1.54, 1.807) is 18.2 Å². The first kappa shape index (κ1) is 29.0. The van der Waals surface area contributed by atoms with Gasteiger partial charge in [-0.25, -0.2) is 18.2 Å². The summed E-state index contributed by atoms with van der Waals surface area (Å²) in [6, 6.07) is 12.5. The molecular formula is C28H22F6N4O4. The van der Waals surface area contributed by atoms with Crippen molar-refractivity contribution in [2.24, 2.45) is 10.9 Å². The monoisotopic (exact) mass is 592 g/mol. The number of aromatic nitrogens is 1. The molecule has 8 nitrogen and oxygen atoms in total. The van der Waals surface area contributed by atoms with Crippen LogP contribution in [0.3, 0.4) is 0 Å². The number of hydrogen-bond donors (Lipinski definition) is 2. The lowest BCUT2D eigenvalue weighted by molar-refractivity contribution is -0.137. The lowest BCUT2D eigenvalue weighted by atomic mass is 9.76. The molecule has 3 aromatic rings. The lowest BCUT2D eigenvalue weighted by Crippen LogP contribution is -2.50. The Balaban J connectivity index is 1.48. The van der Waals surface area contributed by atoms with E-state index < -0.39 is 66.1 Å². The molecule has 2 aliphatic heterocycles. The third-order valence-electron chi connectivity index (χ3n) is 6.93. The predicted octanol–water partition coefficient (Wildman–Crippen LogP) is 5.17. The van der Waals surface area contributed by atoms with Crippen LogP contribution in [-0.2, 0) is 21.2 Å². The maximum Gasteiger partial charge on any atom is 0.417 e. The third-order valence-corrected chi connectivity index (χ3v) is 6.93. The normalized spacial score (nSPS) is 22.0. The van der Waals surface area contributed by atoms with Crippen molar-refractivity contribution in [1.29, 1.82) is 0 Å². The number of amidine groups is 1. The fourth-order valence-electron chi connectivity index (χ4n) is 4.90. The van der Waals surface area contributed by atoms with E-state index in [0.29, 0.717) is 19.2 Å². The van der Waals surface area contributed by atoms with Gasteiger partial charge in [-0.15, -0.1) is 0 Å². The van der Waals surface area contributed by atoms with Gasteiger partial charge in [-0.05, 0) is 42.5 Å². The highest BCUT2D eigenvalue weighted by Crippen LogP contribution is 2.50. The molecule has 2 N–H and O–H groups in total. The Morgan fingerprint density at radius 3 is 2.36 bits per heavy atom. The number of pyridine rings is 1. The SMILES string of the molecule is CC(F)(F)C1OC[C@]2(c3cc(NC(=O)c4ccc(C(F)(F)F)cn4)ccc3F)N=C(NC(=O)c3ccccc3)OC[C@H]12. The van der Waals surface area contributed by atoms with Crippen LogP contribution in [0.4, 0.5) is 32.0 Å². The summed E-state index contributed by atoms with van der Waals surface area (Å²) in [4.78, 5) is 33.3. The fraction of sp³-hybridized carbons (Fsp3) is 0.286. The highest BCUT2D eigenvalue weighted by molar-refractivity contribution is 6.04. The number of ether oxygens (including phenoxy) is 2. The van der Waals surface area contributed by atoms with Crippen LogP contribution < -0.4 is 10.6 Å². The van der Waals surface area contributed by atoms with Crippen LogP contribution in [0.25, 0.3) is 0 Å². The van der Waals surface area contributed by atoms with Gasteiger partial charge in [0.15, 0.2) is 0 Å². The molecule has 2 aromatic carbocycles. The van der Waals surface area contributed by atoms with Crippen molar-refractivity contribution in [3.63, 3.8) is 0 Å². The molecular weight excluding hydrogens is 570 g/mol. The quantitative estimate of drug-likeness (QED) is 0.398. The molecule has 3 atom stereocenters. The first-order chi connectivity index (χ1) is 19.8. The van der Waals surface area contributed by atoms with E-state index in [4.69, 9.17) is 9.47 Å². The summed E-state index contributed by atoms with van der Waals surface area (Å²) in [5.74, 6) is -6.94. The zero-order chi connectivity index (χ0) is 30.3. The van der Waals surface area contributed by atoms with Crippen molar-refractivity contribution in [2.45, 2.75) is 30.7 Å². The van der Waals surface area contributed by atoms with Crippen molar-refractivity contribution in [3.8, 4) is 0 Å². The molecule has 0 saturated carbocycles. The van der Waals surface area contributed by atoms with E-state index in [-0.39, 0.29) is 28.5 Å². The van der Waals surface area contributed by atoms with Crippen LogP contribution in [0.1, 0.15) is 38.9 Å². The summed E-state index contributed by atoms with van der Waals surface area (Å²) in [7, 11) is 0. The Morgan fingerprint density at radius 1 is 0.976 bits per heavy atom. The Labute approximate surface area is 234 Å². The molecule has 3 heterocycles. The number of rotatable bonds is 5. The molecule has 42 heavy (non-hydrogen) atoms. The zero-order valence-electron chi connectivity index (χ0n) is 21.7. The number of alkyl halides is 5. The second kappa shape index (κ2) is 10.7. The maximum atomic E-state index is 15.4. The van der Waals surface area contributed by atoms with Gasteiger partial charge in [0.25, 0.3) is 23.8 Å². The van der Waals surface area contributed by atoms with Gasteiger partial charge in [-0.2, -0.15) is 13.2 Å². The molecule has 0 spiro atoms. The van der Waals surface area contributed by atoms with Gasteiger partial charge < -0.3 is 14.8 Å². The van der Waals surface area contributed by atoms with Crippen LogP contribution in [0.5, 0.6) is 0 Å². The van der Waals surface area contributed by atoms with Crippen LogP contribution in [-0.4, -0.2) is 48.1 Å². The summed E-state index contributed by atoms with van der Waals surface area (Å²) in [6.07, 6.45) is -5.87. The maximum absolute atomic E-state index is 15.4. The highest BCUT2D eigenvalue weighted by Gasteiger charge is 2.60. The molecule has 220 valence electrons. The molecule has 5 rings (SSSR count). The number of hydrogen-bond acceptors (Lipinski definition) is 6. The minimum atomic E-state index is -4.65. The number of halogens is 6. The number of nitrogens with zero attached hydrogens (tertiary/aromatic N) is 2. The van der Waals surface area contributed by atoms with Crippen LogP contribution in [0.15, 0.2) is 71.9 Å². The number of anilines is 1. The molecule has 14 heteroatoms. The number of carbonyl (C=O) groups excluding carboxylic acids is 2. The smallest absolute Gasteiger partial charge is 0.417 e. The second-order valence-corrected chi connectivity index (χ2v) is 9.85. The van der Waals surface area contributed by atoms with E-state index in [1.165, 1.54) is 18.2 Å². The van der Waals surface area contributed by atoms with Gasteiger partial charge in [0.1, 0.15) is 23.2 Å². The minimum absolute atomic E-state index is 0.0190. The summed E-state index contributed by atoms with van der Waals surface area (Å²) in [6.45, 7) is -0.268. The standard InChI is InChI=1S/C28H22F6N4O4/c1-26(30,31)22-19-13-41-25(37-23(39)15-5-3-2-4-6-15)38-27(19,14-42-22)18-11-17(8-9-20(18)29)36-24(40)21-10-7-16(12-35-21)28(32,33)34/h2-12,19,22H,13-14H2,1H3,(H,36,40)(H,37,38,39)/t19-,22?,27-/m1/s1. The molecule has 0 radical (unpaired) electrons. The van der Waals surface area contributed by atoms with E-state index >= 15 is 4.39 Å². The van der Waals surface area contributed by atoms with Gasteiger partial charge in [-0.1, -0.05) is 18.2 Å². The average Bonchev–Trinajstić information content (AvgIpc) is 3.34. The van der Waals surface area contributed by atoms with Crippen molar-refractivity contribution in [1.82, 2.24) is 10.3 Å².